The molecule has 2 N–H and O–H groups in total. The number of nitrogens with one attached hydrogen (secondary N) is 2. The zero-order valence-electron chi connectivity index (χ0n) is 12.3. The van der Waals surface area contributed by atoms with Crippen molar-refractivity contribution in [3.63, 3.8) is 0 Å². The lowest BCUT2D eigenvalue weighted by Gasteiger charge is -2.30. The van der Waals surface area contributed by atoms with Crippen molar-refractivity contribution in [3.8, 4) is 0 Å². The number of piperidine rings is 1. The number of rotatable bonds is 5. The van der Waals surface area contributed by atoms with Gasteiger partial charge in [-0.2, -0.15) is 11.8 Å². The monoisotopic (exact) mass is 292 g/mol. The van der Waals surface area contributed by atoms with Crippen molar-refractivity contribution >= 4 is 17.7 Å². The first-order chi connectivity index (χ1) is 9.70. The van der Waals surface area contributed by atoms with Crippen LogP contribution in [0.25, 0.3) is 0 Å². The average Bonchev–Trinajstić information content (AvgIpc) is 2.48. The van der Waals surface area contributed by atoms with Crippen LogP contribution in [0, 0.1) is 5.92 Å². The van der Waals surface area contributed by atoms with Crippen LogP contribution in [0.2, 0.25) is 0 Å². The first kappa shape index (κ1) is 15.4. The molecule has 1 aromatic carbocycles. The molecule has 1 aromatic rings. The van der Waals surface area contributed by atoms with E-state index in [1.807, 2.05) is 23.9 Å². The van der Waals surface area contributed by atoms with Crippen LogP contribution < -0.4 is 10.6 Å². The predicted molar refractivity (Wildman–Crippen MR) is 86.2 cm³/mol. The molecule has 110 valence electrons. The molecule has 0 aromatic heterocycles. The Hall–Kier alpha value is -1.00. The van der Waals surface area contributed by atoms with Gasteiger partial charge in [0.15, 0.2) is 0 Å². The number of thioether (sulfide) groups is 1. The Bertz CT molecular complexity index is 433. The Morgan fingerprint density at radius 3 is 2.80 bits per heavy atom. The molecule has 0 aliphatic carbocycles. The summed E-state index contributed by atoms with van der Waals surface area (Å²) in [5.74, 6) is 2.72. The highest BCUT2D eigenvalue weighted by molar-refractivity contribution is 7.98. The van der Waals surface area contributed by atoms with Gasteiger partial charge in [-0.25, -0.2) is 0 Å². The summed E-state index contributed by atoms with van der Waals surface area (Å²) in [6, 6.07) is 8.22. The molecule has 1 fully saturated rings. The molecule has 2 unspecified atom stereocenters. The molecule has 1 aliphatic heterocycles. The second kappa shape index (κ2) is 7.70. The zero-order chi connectivity index (χ0) is 14.4. The molecule has 20 heavy (non-hydrogen) atoms. The number of benzene rings is 1. The summed E-state index contributed by atoms with van der Waals surface area (Å²) in [5.41, 5.74) is 2.04. The second-order valence-corrected chi connectivity index (χ2v) is 6.66. The van der Waals surface area contributed by atoms with Crippen molar-refractivity contribution in [2.45, 2.75) is 32.1 Å². The summed E-state index contributed by atoms with van der Waals surface area (Å²) < 4.78 is 0. The molecule has 0 saturated carbocycles. The van der Waals surface area contributed by atoms with Gasteiger partial charge in [-0.05, 0) is 42.3 Å². The Morgan fingerprint density at radius 2 is 2.15 bits per heavy atom. The predicted octanol–water partition coefficient (Wildman–Crippen LogP) is 2.67. The van der Waals surface area contributed by atoms with Gasteiger partial charge in [0.2, 0.25) is 0 Å². The van der Waals surface area contributed by atoms with E-state index in [0.717, 1.165) is 36.6 Å². The number of hydrogen-bond donors (Lipinski definition) is 2. The van der Waals surface area contributed by atoms with Crippen molar-refractivity contribution in [1.82, 2.24) is 10.6 Å². The lowest BCUT2D eigenvalue weighted by Crippen LogP contribution is -2.50. The van der Waals surface area contributed by atoms with Crippen LogP contribution in [0.5, 0.6) is 0 Å². The molecule has 1 saturated heterocycles. The summed E-state index contributed by atoms with van der Waals surface area (Å²) in [6.07, 6.45) is 1.12. The number of amides is 1. The summed E-state index contributed by atoms with van der Waals surface area (Å²) in [4.78, 5) is 12.2. The normalized spacial score (nSPS) is 22.5. The van der Waals surface area contributed by atoms with Crippen LogP contribution in [-0.4, -0.2) is 30.8 Å². The van der Waals surface area contributed by atoms with Crippen molar-refractivity contribution in [2.24, 2.45) is 5.92 Å². The van der Waals surface area contributed by atoms with E-state index in [4.69, 9.17) is 0 Å². The molecule has 3 nitrogen and oxygen atoms in total. The molecular formula is C16H24N2OS. The van der Waals surface area contributed by atoms with Crippen LogP contribution in [0.3, 0.4) is 0 Å². The molecule has 4 heteroatoms. The number of carbonyl (C=O) groups excluding carboxylic acids is 1. The fraction of sp³-hybridized carbons (Fsp3) is 0.562. The minimum absolute atomic E-state index is 0.0419. The summed E-state index contributed by atoms with van der Waals surface area (Å²) >= 11 is 1.90. The van der Waals surface area contributed by atoms with E-state index in [1.165, 1.54) is 5.56 Å². The van der Waals surface area contributed by atoms with Crippen LogP contribution >= 0.6 is 11.8 Å². The van der Waals surface area contributed by atoms with Crippen molar-refractivity contribution in [3.05, 3.63) is 35.4 Å². The maximum atomic E-state index is 12.2. The fourth-order valence-electron chi connectivity index (χ4n) is 2.41. The lowest BCUT2D eigenvalue weighted by molar-refractivity contribution is 0.0915. The molecule has 1 amide bonds. The highest BCUT2D eigenvalue weighted by Crippen LogP contribution is 2.14. The van der Waals surface area contributed by atoms with Crippen molar-refractivity contribution < 1.29 is 4.79 Å². The van der Waals surface area contributed by atoms with Gasteiger partial charge < -0.3 is 10.6 Å². The lowest BCUT2D eigenvalue weighted by atomic mass is 9.94. The largest absolute Gasteiger partial charge is 0.348 e. The van der Waals surface area contributed by atoms with E-state index in [2.05, 4.69) is 36.6 Å². The molecule has 0 bridgehead atoms. The van der Waals surface area contributed by atoms with E-state index in [1.54, 1.807) is 0 Å². The second-order valence-electron chi connectivity index (χ2n) is 5.38. The third-order valence-electron chi connectivity index (χ3n) is 3.83. The van der Waals surface area contributed by atoms with Crippen molar-refractivity contribution in [1.29, 1.82) is 0 Å². The molecule has 0 radical (unpaired) electrons. The first-order valence-electron chi connectivity index (χ1n) is 7.39. The molecule has 2 rings (SSSR count). The van der Waals surface area contributed by atoms with Crippen molar-refractivity contribution in [2.75, 3.05) is 18.8 Å². The smallest absolute Gasteiger partial charge is 0.251 e. The molecule has 0 spiro atoms. The van der Waals surface area contributed by atoms with Gasteiger partial charge in [0.1, 0.15) is 0 Å². The van der Waals surface area contributed by atoms with E-state index in [0.29, 0.717) is 5.92 Å². The SMILES string of the molecule is CCSCc1ccc(C(=O)NC2CNCCC2C)cc1. The Morgan fingerprint density at radius 1 is 1.40 bits per heavy atom. The topological polar surface area (TPSA) is 41.1 Å². The van der Waals surface area contributed by atoms with Gasteiger partial charge in [-0.3, -0.25) is 4.79 Å². The Kier molecular flexibility index (Phi) is 5.92. The van der Waals surface area contributed by atoms with Crippen LogP contribution in [0.15, 0.2) is 24.3 Å². The van der Waals surface area contributed by atoms with Crippen LogP contribution in [0.1, 0.15) is 36.2 Å². The average molecular weight is 292 g/mol. The number of hydrogen-bond acceptors (Lipinski definition) is 3. The Balaban J connectivity index is 1.91. The van der Waals surface area contributed by atoms with Gasteiger partial charge in [-0.1, -0.05) is 26.0 Å². The van der Waals surface area contributed by atoms with E-state index >= 15 is 0 Å². The van der Waals surface area contributed by atoms with E-state index in [-0.39, 0.29) is 11.9 Å². The third kappa shape index (κ3) is 4.25. The molecule has 2 atom stereocenters. The van der Waals surface area contributed by atoms with Gasteiger partial charge >= 0.3 is 0 Å². The summed E-state index contributed by atoms with van der Waals surface area (Å²) in [6.45, 7) is 6.29. The van der Waals surface area contributed by atoms with Gasteiger partial charge in [0.25, 0.3) is 5.91 Å². The molecule has 1 aliphatic rings. The maximum absolute atomic E-state index is 12.2. The highest BCUT2D eigenvalue weighted by Gasteiger charge is 2.22. The minimum atomic E-state index is 0.0419. The van der Waals surface area contributed by atoms with E-state index < -0.39 is 0 Å². The van der Waals surface area contributed by atoms with E-state index in [9.17, 15) is 4.79 Å². The van der Waals surface area contributed by atoms with Gasteiger partial charge in [0.05, 0.1) is 0 Å². The standard InChI is InChI=1S/C16H24N2OS/c1-3-20-11-13-4-6-14(7-5-13)16(19)18-15-10-17-9-8-12(15)2/h4-7,12,15,17H,3,8-11H2,1-2H3,(H,18,19). The highest BCUT2D eigenvalue weighted by atomic mass is 32.2. The van der Waals surface area contributed by atoms with Gasteiger partial charge in [0, 0.05) is 23.9 Å². The number of carbonyl (C=O) groups is 1. The van der Waals surface area contributed by atoms with Crippen LogP contribution in [0.4, 0.5) is 0 Å². The minimum Gasteiger partial charge on any atom is -0.348 e. The first-order valence-corrected chi connectivity index (χ1v) is 8.54. The maximum Gasteiger partial charge on any atom is 0.251 e. The fourth-order valence-corrected chi connectivity index (χ4v) is 3.04. The summed E-state index contributed by atoms with van der Waals surface area (Å²) in [5, 5.41) is 6.48. The van der Waals surface area contributed by atoms with Crippen LogP contribution in [-0.2, 0) is 5.75 Å². The zero-order valence-corrected chi connectivity index (χ0v) is 13.1. The third-order valence-corrected chi connectivity index (χ3v) is 4.78. The molecular weight excluding hydrogens is 268 g/mol. The quantitative estimate of drug-likeness (QED) is 0.876. The summed E-state index contributed by atoms with van der Waals surface area (Å²) in [7, 11) is 0. The molecule has 1 heterocycles. The van der Waals surface area contributed by atoms with Gasteiger partial charge in [-0.15, -0.1) is 0 Å². The Labute approximate surface area is 125 Å².